The molecule has 4 nitrogen and oxygen atoms in total. The van der Waals surface area contributed by atoms with Crippen LogP contribution in [-0.2, 0) is 17.9 Å². The van der Waals surface area contributed by atoms with E-state index in [1.165, 1.54) is 28.5 Å². The minimum atomic E-state index is -0.304. The predicted molar refractivity (Wildman–Crippen MR) is 108 cm³/mol. The zero-order valence-corrected chi connectivity index (χ0v) is 15.8. The van der Waals surface area contributed by atoms with Crippen LogP contribution in [0.2, 0.25) is 5.02 Å². The van der Waals surface area contributed by atoms with E-state index in [1.54, 1.807) is 12.1 Å². The maximum Gasteiger partial charge on any atom is 0.242 e. The highest BCUT2D eigenvalue weighted by Gasteiger charge is 2.26. The molecule has 1 unspecified atom stereocenters. The van der Waals surface area contributed by atoms with Crippen molar-refractivity contribution in [1.29, 1.82) is 0 Å². The van der Waals surface area contributed by atoms with Crippen molar-refractivity contribution in [3.05, 3.63) is 83.0 Å². The van der Waals surface area contributed by atoms with Crippen LogP contribution in [0.3, 0.4) is 0 Å². The predicted octanol–water partition coefficient (Wildman–Crippen LogP) is 4.74. The number of carbonyl (C=O) groups is 1. The lowest BCUT2D eigenvalue weighted by Gasteiger charge is -2.27. The molecule has 1 amide bonds. The van der Waals surface area contributed by atoms with Gasteiger partial charge in [-0.25, -0.2) is 4.98 Å². The Morgan fingerprint density at radius 1 is 1.00 bits per heavy atom. The van der Waals surface area contributed by atoms with Gasteiger partial charge in [-0.1, -0.05) is 60.1 Å². The van der Waals surface area contributed by atoms with E-state index in [0.717, 1.165) is 0 Å². The summed E-state index contributed by atoms with van der Waals surface area (Å²) in [5.74, 6) is 0.425. The maximum atomic E-state index is 12.8. The highest BCUT2D eigenvalue weighted by molar-refractivity contribution is 6.30. The van der Waals surface area contributed by atoms with Crippen LogP contribution in [0.25, 0.3) is 11.1 Å². The first-order valence-electron chi connectivity index (χ1n) is 8.94. The number of anilines is 1. The number of carbonyl (C=O) groups excluding carboxylic acids is 1. The lowest BCUT2D eigenvalue weighted by molar-refractivity contribution is -0.121. The zero-order valence-electron chi connectivity index (χ0n) is 15.0. The van der Waals surface area contributed by atoms with E-state index < -0.39 is 0 Å². The molecule has 0 spiro atoms. The van der Waals surface area contributed by atoms with Gasteiger partial charge in [0, 0.05) is 19.3 Å². The molecule has 1 atom stereocenters. The molecule has 1 N–H and O–H groups in total. The summed E-state index contributed by atoms with van der Waals surface area (Å²) in [4.78, 5) is 19.2. The van der Waals surface area contributed by atoms with Gasteiger partial charge in [0.05, 0.1) is 11.1 Å². The Labute approximate surface area is 163 Å². The largest absolute Gasteiger partial charge is 0.309 e. The standard InChI is InChI=1S/C22H20ClN3O/c1-15(22(27)25-21-11-10-18(23)12-24-21)26-13-16-6-2-4-8-19(16)20-9-5-3-7-17(20)14-26/h2-12,15H,13-14H2,1H3,(H,24,25,27). The van der Waals surface area contributed by atoms with Gasteiger partial charge in [-0.3, -0.25) is 9.69 Å². The van der Waals surface area contributed by atoms with Crippen molar-refractivity contribution in [3.63, 3.8) is 0 Å². The molecule has 2 aromatic carbocycles. The highest BCUT2D eigenvalue weighted by atomic mass is 35.5. The van der Waals surface area contributed by atoms with E-state index in [-0.39, 0.29) is 11.9 Å². The molecule has 4 rings (SSSR count). The molecule has 5 heteroatoms. The Hall–Kier alpha value is -2.69. The van der Waals surface area contributed by atoms with Gasteiger partial charge in [-0.15, -0.1) is 0 Å². The monoisotopic (exact) mass is 377 g/mol. The second kappa shape index (κ2) is 7.51. The van der Waals surface area contributed by atoms with E-state index in [9.17, 15) is 4.79 Å². The van der Waals surface area contributed by atoms with Crippen molar-refractivity contribution < 1.29 is 4.79 Å². The Kier molecular flexibility index (Phi) is 4.92. The molecule has 27 heavy (non-hydrogen) atoms. The molecule has 0 saturated heterocycles. The van der Waals surface area contributed by atoms with E-state index in [0.29, 0.717) is 23.9 Å². The summed E-state index contributed by atoms with van der Waals surface area (Å²) in [5, 5.41) is 3.43. The van der Waals surface area contributed by atoms with Crippen LogP contribution in [0.4, 0.5) is 5.82 Å². The summed E-state index contributed by atoms with van der Waals surface area (Å²) in [7, 11) is 0. The van der Waals surface area contributed by atoms with Crippen LogP contribution in [0.1, 0.15) is 18.1 Å². The van der Waals surface area contributed by atoms with Crippen molar-refractivity contribution in [1.82, 2.24) is 9.88 Å². The minimum Gasteiger partial charge on any atom is -0.309 e. The molecule has 1 aliphatic rings. The van der Waals surface area contributed by atoms with Gasteiger partial charge in [0.1, 0.15) is 5.82 Å². The number of fused-ring (bicyclic) bond motifs is 3. The first-order valence-corrected chi connectivity index (χ1v) is 9.32. The van der Waals surface area contributed by atoms with Gasteiger partial charge in [0.2, 0.25) is 5.91 Å². The highest BCUT2D eigenvalue weighted by Crippen LogP contribution is 2.33. The Bertz CT molecular complexity index is 924. The third-order valence-corrected chi connectivity index (χ3v) is 5.20. The van der Waals surface area contributed by atoms with E-state index in [4.69, 9.17) is 11.6 Å². The summed E-state index contributed by atoms with van der Waals surface area (Å²) in [6.07, 6.45) is 1.53. The third kappa shape index (κ3) is 3.72. The number of amides is 1. The number of aromatic nitrogens is 1. The van der Waals surface area contributed by atoms with Crippen LogP contribution >= 0.6 is 11.6 Å². The van der Waals surface area contributed by atoms with Crippen molar-refractivity contribution in [2.45, 2.75) is 26.1 Å². The first-order chi connectivity index (χ1) is 13.1. The zero-order chi connectivity index (χ0) is 18.8. The van der Waals surface area contributed by atoms with E-state index in [1.807, 2.05) is 19.1 Å². The average Bonchev–Trinajstić information content (AvgIpc) is 2.86. The molecule has 1 aliphatic heterocycles. The molecular weight excluding hydrogens is 358 g/mol. The number of pyridine rings is 1. The fourth-order valence-corrected chi connectivity index (χ4v) is 3.57. The Morgan fingerprint density at radius 3 is 2.15 bits per heavy atom. The van der Waals surface area contributed by atoms with Crippen LogP contribution in [-0.4, -0.2) is 21.8 Å². The number of benzene rings is 2. The van der Waals surface area contributed by atoms with Crippen LogP contribution in [0.15, 0.2) is 66.9 Å². The first kappa shape index (κ1) is 17.7. The summed E-state index contributed by atoms with van der Waals surface area (Å²) in [5.41, 5.74) is 4.93. The normalized spacial score (nSPS) is 14.6. The molecule has 0 fully saturated rings. The molecule has 2 heterocycles. The van der Waals surface area contributed by atoms with Crippen LogP contribution < -0.4 is 5.32 Å². The van der Waals surface area contributed by atoms with E-state index in [2.05, 4.69) is 51.6 Å². The minimum absolute atomic E-state index is 0.0818. The Balaban J connectivity index is 1.60. The van der Waals surface area contributed by atoms with Crippen molar-refractivity contribution >= 4 is 23.3 Å². The molecule has 0 bridgehead atoms. The van der Waals surface area contributed by atoms with Gasteiger partial charge in [0.25, 0.3) is 0 Å². The number of hydrogen-bond acceptors (Lipinski definition) is 3. The van der Waals surface area contributed by atoms with Gasteiger partial charge in [-0.2, -0.15) is 0 Å². The SMILES string of the molecule is CC(C(=O)Nc1ccc(Cl)cn1)N1Cc2ccccc2-c2ccccc2C1. The molecular formula is C22H20ClN3O. The number of halogens is 1. The number of hydrogen-bond donors (Lipinski definition) is 1. The van der Waals surface area contributed by atoms with E-state index >= 15 is 0 Å². The number of nitrogens with zero attached hydrogens (tertiary/aromatic N) is 2. The third-order valence-electron chi connectivity index (χ3n) is 4.98. The lowest BCUT2D eigenvalue weighted by Crippen LogP contribution is -2.41. The number of nitrogens with one attached hydrogen (secondary N) is 1. The Morgan fingerprint density at radius 2 is 1.59 bits per heavy atom. The van der Waals surface area contributed by atoms with Gasteiger partial charge < -0.3 is 5.32 Å². The van der Waals surface area contributed by atoms with Crippen LogP contribution in [0, 0.1) is 0 Å². The van der Waals surface area contributed by atoms with Crippen molar-refractivity contribution in [2.24, 2.45) is 0 Å². The fourth-order valence-electron chi connectivity index (χ4n) is 3.46. The fraction of sp³-hybridized carbons (Fsp3) is 0.182. The summed E-state index contributed by atoms with van der Waals surface area (Å²) >= 11 is 5.86. The van der Waals surface area contributed by atoms with Gasteiger partial charge >= 0.3 is 0 Å². The van der Waals surface area contributed by atoms with Gasteiger partial charge in [-0.05, 0) is 41.3 Å². The molecule has 0 radical (unpaired) electrons. The number of rotatable bonds is 3. The molecule has 0 aliphatic carbocycles. The maximum absolute atomic E-state index is 12.8. The molecule has 3 aromatic rings. The molecule has 136 valence electrons. The summed E-state index contributed by atoms with van der Waals surface area (Å²) < 4.78 is 0. The smallest absolute Gasteiger partial charge is 0.242 e. The topological polar surface area (TPSA) is 45.2 Å². The van der Waals surface area contributed by atoms with Gasteiger partial charge in [0.15, 0.2) is 0 Å². The second-order valence-electron chi connectivity index (χ2n) is 6.75. The van der Waals surface area contributed by atoms with Crippen molar-refractivity contribution in [3.8, 4) is 11.1 Å². The quantitative estimate of drug-likeness (QED) is 0.716. The lowest BCUT2D eigenvalue weighted by atomic mass is 9.97. The molecule has 0 saturated carbocycles. The second-order valence-corrected chi connectivity index (χ2v) is 7.18. The summed E-state index contributed by atoms with van der Waals surface area (Å²) in [6, 6.07) is 19.9. The summed E-state index contributed by atoms with van der Waals surface area (Å²) in [6.45, 7) is 3.36. The average molecular weight is 378 g/mol. The van der Waals surface area contributed by atoms with Crippen LogP contribution in [0.5, 0.6) is 0 Å². The van der Waals surface area contributed by atoms with Crippen molar-refractivity contribution in [2.75, 3.05) is 5.32 Å². The molecule has 1 aromatic heterocycles.